The number of allylic oxidation sites excluding steroid dienone is 1. The summed E-state index contributed by atoms with van der Waals surface area (Å²) in [6.45, 7) is 5.78. The normalized spacial score (nSPS) is 23.6. The van der Waals surface area contributed by atoms with Crippen LogP contribution in [0.5, 0.6) is 0 Å². The Kier molecular flexibility index (Phi) is 5.25. The van der Waals surface area contributed by atoms with E-state index < -0.39 is 46.7 Å². The predicted molar refractivity (Wildman–Crippen MR) is 91.2 cm³/mol. The summed E-state index contributed by atoms with van der Waals surface area (Å²) >= 11 is 0. The fraction of sp³-hybridized carbons (Fsp3) is 0.500. The Bertz CT molecular complexity index is 879. The van der Waals surface area contributed by atoms with Crippen LogP contribution in [0.15, 0.2) is 28.0 Å². The molecule has 0 saturated heterocycles. The Balaban J connectivity index is 2.93. The minimum absolute atomic E-state index is 0.0645. The van der Waals surface area contributed by atoms with Gasteiger partial charge in [0.15, 0.2) is 0 Å². The third-order valence-electron chi connectivity index (χ3n) is 3.97. The lowest BCUT2D eigenvalue weighted by Crippen LogP contribution is -2.34. The van der Waals surface area contributed by atoms with Gasteiger partial charge in [-0.15, -0.1) is 0 Å². The number of halogens is 6. The summed E-state index contributed by atoms with van der Waals surface area (Å²) in [5.74, 6) is 0. The molecule has 27 heavy (non-hydrogen) atoms. The molecule has 1 aromatic carbocycles. The van der Waals surface area contributed by atoms with Crippen LogP contribution in [0.1, 0.15) is 38.8 Å². The van der Waals surface area contributed by atoms with E-state index in [1.165, 1.54) is 26.8 Å². The van der Waals surface area contributed by atoms with Crippen molar-refractivity contribution in [1.29, 1.82) is 0 Å². The van der Waals surface area contributed by atoms with Crippen molar-refractivity contribution in [3.8, 4) is 0 Å². The van der Waals surface area contributed by atoms with Crippen molar-refractivity contribution in [3.63, 3.8) is 0 Å². The fourth-order valence-corrected chi connectivity index (χ4v) is 7.76. The average Bonchev–Trinajstić information content (AvgIpc) is 2.81. The summed E-state index contributed by atoms with van der Waals surface area (Å²) in [6, 6.07) is 3.78. The zero-order valence-electron chi connectivity index (χ0n) is 14.8. The van der Waals surface area contributed by atoms with Gasteiger partial charge in [-0.3, -0.25) is 0 Å². The van der Waals surface area contributed by atoms with Gasteiger partial charge in [-0.1, -0.05) is 39.8 Å². The highest BCUT2D eigenvalue weighted by molar-refractivity contribution is 8.37. The molecule has 3 nitrogen and oxygen atoms in total. The van der Waals surface area contributed by atoms with Gasteiger partial charge in [-0.25, -0.2) is 0 Å². The molecule has 1 heterocycles. The van der Waals surface area contributed by atoms with E-state index in [2.05, 4.69) is 3.63 Å². The molecule has 0 saturated carbocycles. The first-order valence-electron chi connectivity index (χ1n) is 7.75. The molecular formula is C16H18F6O3S2. The minimum atomic E-state index is -6.50. The largest absolute Gasteiger partial charge is 0.523 e. The third-order valence-corrected chi connectivity index (χ3v) is 9.05. The van der Waals surface area contributed by atoms with E-state index in [9.17, 15) is 34.8 Å². The highest BCUT2D eigenvalue weighted by Gasteiger charge is 2.65. The summed E-state index contributed by atoms with van der Waals surface area (Å²) in [5.41, 5.74) is -12.1. The Morgan fingerprint density at radius 3 is 2.00 bits per heavy atom. The van der Waals surface area contributed by atoms with Crippen molar-refractivity contribution in [2.45, 2.75) is 50.0 Å². The first-order valence-corrected chi connectivity index (χ1v) is 10.7. The molecular weight excluding hydrogens is 418 g/mol. The van der Waals surface area contributed by atoms with E-state index in [1.807, 2.05) is 0 Å². The molecule has 0 spiro atoms. The van der Waals surface area contributed by atoms with Crippen LogP contribution in [0.4, 0.5) is 26.3 Å². The summed E-state index contributed by atoms with van der Waals surface area (Å²) in [6.07, 6.45) is 1.44. The maximum Gasteiger partial charge on any atom is 0.523 e. The lowest BCUT2D eigenvalue weighted by Gasteiger charge is -2.43. The summed E-state index contributed by atoms with van der Waals surface area (Å²) in [4.78, 5) is -1.10. The molecule has 0 bridgehead atoms. The molecule has 0 aromatic heterocycles. The van der Waals surface area contributed by atoms with E-state index in [1.54, 1.807) is 13.0 Å². The average molecular weight is 436 g/mol. The lowest BCUT2D eigenvalue weighted by atomic mass is 9.94. The van der Waals surface area contributed by atoms with E-state index in [4.69, 9.17) is 0 Å². The van der Waals surface area contributed by atoms with Crippen LogP contribution in [0.2, 0.25) is 0 Å². The minimum Gasteiger partial charge on any atom is -0.196 e. The predicted octanol–water partition coefficient (Wildman–Crippen LogP) is 6.11. The zero-order chi connectivity index (χ0) is 21.1. The third kappa shape index (κ3) is 3.49. The highest BCUT2D eigenvalue weighted by atomic mass is 32.3. The molecule has 0 N–H and O–H groups in total. The van der Waals surface area contributed by atoms with Gasteiger partial charge in [-0.05, 0) is 35.1 Å². The molecule has 11 heteroatoms. The summed E-state index contributed by atoms with van der Waals surface area (Å²) in [7, 11) is -11.5. The molecule has 1 unspecified atom stereocenters. The first kappa shape index (κ1) is 22.1. The quantitative estimate of drug-likeness (QED) is 0.424. The number of aryl methyl sites for hydroxylation is 1. The fourth-order valence-electron chi connectivity index (χ4n) is 2.83. The second-order valence-electron chi connectivity index (χ2n) is 6.91. The van der Waals surface area contributed by atoms with E-state index in [0.29, 0.717) is 12.0 Å². The van der Waals surface area contributed by atoms with Gasteiger partial charge in [0.1, 0.15) is 0 Å². The molecule has 0 radical (unpaired) electrons. The van der Waals surface area contributed by atoms with E-state index in [0.717, 1.165) is 12.1 Å². The molecule has 1 aromatic rings. The SMILES string of the molecule is CCc1cccc2c1C=C(C(C)(C)C)S2(OS(=O)(=O)C(F)(F)F)C(F)(F)F. The number of alkyl halides is 6. The van der Waals surface area contributed by atoms with Crippen LogP contribution in [-0.2, 0) is 20.2 Å². The first-order chi connectivity index (χ1) is 12.0. The van der Waals surface area contributed by atoms with Crippen molar-refractivity contribution >= 4 is 26.5 Å². The maximum absolute atomic E-state index is 14.3. The van der Waals surface area contributed by atoms with Crippen molar-refractivity contribution in [2.75, 3.05) is 0 Å². The Morgan fingerprint density at radius 1 is 1.04 bits per heavy atom. The number of hydrogen-bond acceptors (Lipinski definition) is 3. The molecule has 1 atom stereocenters. The second-order valence-corrected chi connectivity index (χ2v) is 11.3. The Labute approximate surface area is 155 Å². The molecule has 1 aliphatic heterocycles. The van der Waals surface area contributed by atoms with Crippen molar-refractivity contribution < 1.29 is 38.4 Å². The van der Waals surface area contributed by atoms with Gasteiger partial charge in [-0.2, -0.15) is 38.4 Å². The Morgan fingerprint density at radius 2 is 1.59 bits per heavy atom. The highest BCUT2D eigenvalue weighted by Crippen LogP contribution is 2.80. The van der Waals surface area contributed by atoms with Crippen LogP contribution < -0.4 is 0 Å². The summed E-state index contributed by atoms with van der Waals surface area (Å²) in [5, 5.41) is 0. The zero-order valence-corrected chi connectivity index (χ0v) is 16.5. The molecule has 0 fully saturated rings. The van der Waals surface area contributed by atoms with E-state index in [-0.39, 0.29) is 5.56 Å². The molecule has 1 aliphatic rings. The second kappa shape index (κ2) is 6.41. The van der Waals surface area contributed by atoms with Gasteiger partial charge in [0.25, 0.3) is 0 Å². The number of benzene rings is 1. The van der Waals surface area contributed by atoms with Gasteiger partial charge in [0, 0.05) is 20.1 Å². The van der Waals surface area contributed by atoms with Crippen LogP contribution in [-0.4, -0.2) is 19.4 Å². The van der Waals surface area contributed by atoms with Crippen LogP contribution in [0.3, 0.4) is 0 Å². The van der Waals surface area contributed by atoms with Gasteiger partial charge in [0.05, 0.1) is 0 Å². The molecule has 0 amide bonds. The number of rotatable bonds is 3. The van der Waals surface area contributed by atoms with Gasteiger partial charge >= 0.3 is 21.1 Å². The standard InChI is InChI=1S/C16H18F6O3S2/c1-5-10-7-6-8-12-11(10)9-13(14(2,3)4)26(12,15(17,18)19)25-27(23,24)16(20,21)22/h6-9H,5H2,1-4H3. The summed E-state index contributed by atoms with van der Waals surface area (Å²) < 4.78 is 109. The number of fused-ring (bicyclic) bond motifs is 1. The van der Waals surface area contributed by atoms with Crippen molar-refractivity contribution in [3.05, 3.63) is 34.2 Å². The van der Waals surface area contributed by atoms with Crippen molar-refractivity contribution in [2.24, 2.45) is 5.41 Å². The maximum atomic E-state index is 14.3. The Hall–Kier alpha value is -1.20. The molecule has 0 aliphatic carbocycles. The van der Waals surface area contributed by atoms with Crippen LogP contribution >= 0.6 is 10.3 Å². The van der Waals surface area contributed by atoms with Crippen molar-refractivity contribution in [1.82, 2.24) is 0 Å². The van der Waals surface area contributed by atoms with Gasteiger partial charge in [0.2, 0.25) is 0 Å². The van der Waals surface area contributed by atoms with Gasteiger partial charge < -0.3 is 0 Å². The van der Waals surface area contributed by atoms with Crippen LogP contribution in [0.25, 0.3) is 6.08 Å². The van der Waals surface area contributed by atoms with Crippen LogP contribution in [0, 0.1) is 5.41 Å². The molecule has 2 rings (SSSR count). The monoisotopic (exact) mass is 436 g/mol. The lowest BCUT2D eigenvalue weighted by molar-refractivity contribution is -0.0548. The topological polar surface area (TPSA) is 43.4 Å². The number of hydrogen-bond donors (Lipinski definition) is 0. The van der Waals surface area contributed by atoms with E-state index >= 15 is 0 Å². The molecule has 154 valence electrons. The smallest absolute Gasteiger partial charge is 0.196 e.